The smallest absolute Gasteiger partial charge is 0.306 e. The largest absolute Gasteiger partial charge is 0.462 e. The molecule has 6 rings (SSSR count). The molecule has 3 saturated carbocycles. The van der Waals surface area contributed by atoms with E-state index in [1.54, 1.807) is 0 Å². The lowest BCUT2D eigenvalue weighted by Crippen LogP contribution is -2.64. The number of nitrogens with one attached hydrogen (secondary N) is 1. The van der Waals surface area contributed by atoms with Crippen LogP contribution in [-0.2, 0) is 19.1 Å². The van der Waals surface area contributed by atoms with E-state index in [0.717, 1.165) is 82.9 Å². The molecule has 0 aromatic heterocycles. The fourth-order valence-corrected chi connectivity index (χ4v) is 11.7. The van der Waals surface area contributed by atoms with Gasteiger partial charge in [-0.05, 0) is 117 Å². The molecular formula is C38H54N2O4. The number of ketones is 2. The number of esters is 1. The van der Waals surface area contributed by atoms with Crippen molar-refractivity contribution in [1.29, 1.82) is 5.26 Å². The van der Waals surface area contributed by atoms with E-state index in [1.807, 2.05) is 26.0 Å². The zero-order valence-corrected chi connectivity index (χ0v) is 28.2. The van der Waals surface area contributed by atoms with Crippen LogP contribution in [-0.4, -0.2) is 36.7 Å². The normalized spacial score (nSPS) is 42.8. The van der Waals surface area contributed by atoms with Crippen LogP contribution in [0.1, 0.15) is 119 Å². The van der Waals surface area contributed by atoms with Gasteiger partial charge in [0.25, 0.3) is 0 Å². The first-order chi connectivity index (χ1) is 20.5. The molecule has 0 spiro atoms. The molecule has 0 bridgehead atoms. The van der Waals surface area contributed by atoms with Gasteiger partial charge in [-0.2, -0.15) is 5.26 Å². The van der Waals surface area contributed by atoms with Crippen molar-refractivity contribution in [1.82, 2.24) is 5.32 Å². The van der Waals surface area contributed by atoms with E-state index in [1.165, 1.54) is 0 Å². The molecule has 4 fully saturated rings. The summed E-state index contributed by atoms with van der Waals surface area (Å²) >= 11 is 0. The second kappa shape index (κ2) is 10.4. The number of ether oxygens (including phenoxy) is 1. The van der Waals surface area contributed by atoms with E-state index in [2.05, 4.69) is 46.0 Å². The second-order valence-corrected chi connectivity index (χ2v) is 17.6. The average Bonchev–Trinajstić information content (AvgIpc) is 2.96. The molecule has 1 unspecified atom stereocenters. The fraction of sp³-hybridized carbons (Fsp3) is 0.789. The Hall–Kier alpha value is -2.26. The minimum atomic E-state index is -0.657. The Bertz CT molecular complexity index is 1360. The molecular weight excluding hydrogens is 548 g/mol. The van der Waals surface area contributed by atoms with Crippen molar-refractivity contribution in [2.45, 2.75) is 125 Å². The molecule has 0 amide bonds. The van der Waals surface area contributed by atoms with Crippen LogP contribution in [0.25, 0.3) is 0 Å². The number of hydrogen-bond acceptors (Lipinski definition) is 6. The number of carbonyl (C=O) groups is 3. The summed E-state index contributed by atoms with van der Waals surface area (Å²) in [5, 5.41) is 13.3. The van der Waals surface area contributed by atoms with Crippen LogP contribution >= 0.6 is 0 Å². The number of carbonyl (C=O) groups excluding carboxylic acids is 3. The van der Waals surface area contributed by atoms with Gasteiger partial charge in [0.05, 0.1) is 5.57 Å². The number of piperidine rings is 1. The summed E-state index contributed by atoms with van der Waals surface area (Å²) < 4.78 is 5.93. The third kappa shape index (κ3) is 4.53. The van der Waals surface area contributed by atoms with E-state index in [0.29, 0.717) is 6.42 Å². The van der Waals surface area contributed by atoms with Gasteiger partial charge < -0.3 is 10.1 Å². The predicted octanol–water partition coefficient (Wildman–Crippen LogP) is 7.28. The van der Waals surface area contributed by atoms with Crippen molar-refractivity contribution in [2.75, 3.05) is 13.1 Å². The molecule has 0 radical (unpaired) electrons. The summed E-state index contributed by atoms with van der Waals surface area (Å²) in [7, 11) is 0. The van der Waals surface area contributed by atoms with Crippen LogP contribution in [0, 0.1) is 61.6 Å². The van der Waals surface area contributed by atoms with Crippen molar-refractivity contribution in [3.63, 3.8) is 0 Å². The topological polar surface area (TPSA) is 96.3 Å². The number of fused-ring (bicyclic) bond motifs is 7. The Labute approximate surface area is 264 Å². The highest BCUT2D eigenvalue weighted by atomic mass is 16.5. The summed E-state index contributed by atoms with van der Waals surface area (Å²) in [5.41, 5.74) is -0.114. The lowest BCUT2D eigenvalue weighted by molar-refractivity contribution is -0.174. The molecule has 0 aromatic rings. The number of Topliss-reactive ketones (excluding diaryl/α,β-unsaturated/α-hetero) is 1. The number of allylic oxidation sites excluding steroid dienone is 4. The molecule has 6 heteroatoms. The third-order valence-corrected chi connectivity index (χ3v) is 14.5. The minimum Gasteiger partial charge on any atom is -0.462 e. The van der Waals surface area contributed by atoms with E-state index >= 15 is 0 Å². The maximum Gasteiger partial charge on any atom is 0.306 e. The Morgan fingerprint density at radius 1 is 0.977 bits per heavy atom. The summed E-state index contributed by atoms with van der Waals surface area (Å²) in [6, 6.07) is 2.21. The van der Waals surface area contributed by atoms with Crippen LogP contribution in [0.5, 0.6) is 0 Å². The summed E-state index contributed by atoms with van der Waals surface area (Å²) in [5.74, 6) is 0.264. The van der Waals surface area contributed by atoms with Gasteiger partial charge in [0.15, 0.2) is 11.6 Å². The highest BCUT2D eigenvalue weighted by Gasteiger charge is 2.69. The van der Waals surface area contributed by atoms with Crippen LogP contribution < -0.4 is 5.32 Å². The SMILES string of the molecule is CC1(C)CC[C@]2(CCC(=O)OC3CCNCC3)CC[C@]3(C)[C@@H](C(=O)C=C4[C@@]5(C)C=C(C#N)C(=O)C(C)(C)[C@@H]5CC[C@]43C)C2C1. The zero-order valence-electron chi connectivity index (χ0n) is 28.2. The molecule has 1 heterocycles. The lowest BCUT2D eigenvalue weighted by atomic mass is 9.34. The van der Waals surface area contributed by atoms with Gasteiger partial charge >= 0.3 is 5.97 Å². The average molecular weight is 603 g/mol. The van der Waals surface area contributed by atoms with Gasteiger partial charge in [-0.3, -0.25) is 14.4 Å². The Morgan fingerprint density at radius 3 is 2.34 bits per heavy atom. The fourth-order valence-electron chi connectivity index (χ4n) is 11.7. The van der Waals surface area contributed by atoms with Crippen LogP contribution in [0.3, 0.4) is 0 Å². The first-order valence-corrected chi connectivity index (χ1v) is 17.4. The molecule has 6 nitrogen and oxygen atoms in total. The van der Waals surface area contributed by atoms with E-state index < -0.39 is 10.8 Å². The van der Waals surface area contributed by atoms with Gasteiger partial charge in [0.1, 0.15) is 12.2 Å². The van der Waals surface area contributed by atoms with Gasteiger partial charge in [-0.15, -0.1) is 0 Å². The molecule has 44 heavy (non-hydrogen) atoms. The molecule has 1 saturated heterocycles. The van der Waals surface area contributed by atoms with Gasteiger partial charge in [0.2, 0.25) is 0 Å². The minimum absolute atomic E-state index is 0.0209. The number of rotatable bonds is 4. The molecule has 0 aromatic carbocycles. The number of hydrogen-bond donors (Lipinski definition) is 1. The highest BCUT2D eigenvalue weighted by molar-refractivity contribution is 6.04. The van der Waals surface area contributed by atoms with E-state index in [9.17, 15) is 19.6 Å². The van der Waals surface area contributed by atoms with Crippen LogP contribution in [0.2, 0.25) is 0 Å². The first kappa shape index (κ1) is 31.7. The highest BCUT2D eigenvalue weighted by Crippen LogP contribution is 2.75. The van der Waals surface area contributed by atoms with Crippen LogP contribution in [0.4, 0.5) is 0 Å². The summed E-state index contributed by atoms with van der Waals surface area (Å²) in [4.78, 5) is 41.2. The van der Waals surface area contributed by atoms with Crippen molar-refractivity contribution in [2.24, 2.45) is 50.2 Å². The van der Waals surface area contributed by atoms with Crippen molar-refractivity contribution in [3.05, 3.63) is 23.3 Å². The molecule has 7 atom stereocenters. The Balaban J connectivity index is 1.36. The van der Waals surface area contributed by atoms with Gasteiger partial charge in [-0.1, -0.05) is 60.1 Å². The quantitative estimate of drug-likeness (QED) is 0.340. The Morgan fingerprint density at radius 2 is 1.66 bits per heavy atom. The molecule has 1 aliphatic heterocycles. The van der Waals surface area contributed by atoms with Crippen molar-refractivity contribution >= 4 is 17.5 Å². The summed E-state index contributed by atoms with van der Waals surface area (Å²) in [6.07, 6.45) is 13.9. The third-order valence-electron chi connectivity index (χ3n) is 14.5. The standard InChI is InChI=1S/C38H54N2O4/c1-33(2)14-16-38(13-9-30(42)44-25-10-18-40-19-11-25)17-15-37(7)31(26(38)22-33)27(41)20-29-35(5)21-24(23-39)32(43)34(3,4)28(35)8-12-36(29,37)6/h20-21,25-26,28,31,40H,8-19,22H2,1-7H3/t26?,28-,31+,35-,36+,37+,38+/m0/s1. The number of nitriles is 1. The maximum absolute atomic E-state index is 14.7. The molecule has 6 aliphatic rings. The predicted molar refractivity (Wildman–Crippen MR) is 170 cm³/mol. The first-order valence-electron chi connectivity index (χ1n) is 17.4. The maximum atomic E-state index is 14.7. The van der Waals surface area contributed by atoms with E-state index in [-0.39, 0.29) is 68.6 Å². The number of nitrogens with zero attached hydrogens (tertiary/aromatic N) is 1. The monoisotopic (exact) mass is 602 g/mol. The molecule has 5 aliphatic carbocycles. The zero-order chi connectivity index (χ0) is 31.9. The van der Waals surface area contributed by atoms with E-state index in [4.69, 9.17) is 4.74 Å². The molecule has 240 valence electrons. The van der Waals surface area contributed by atoms with Gasteiger partial charge in [-0.25, -0.2) is 0 Å². The van der Waals surface area contributed by atoms with Gasteiger partial charge in [0, 0.05) is 23.2 Å². The summed E-state index contributed by atoms with van der Waals surface area (Å²) in [6.45, 7) is 17.5. The molecule has 1 N–H and O–H groups in total. The second-order valence-electron chi connectivity index (χ2n) is 17.6. The van der Waals surface area contributed by atoms with Crippen LogP contribution in [0.15, 0.2) is 23.3 Å². The van der Waals surface area contributed by atoms with Crippen molar-refractivity contribution in [3.8, 4) is 6.07 Å². The van der Waals surface area contributed by atoms with Crippen molar-refractivity contribution < 1.29 is 19.1 Å². The Kier molecular flexibility index (Phi) is 7.48. The lowest BCUT2D eigenvalue weighted by Gasteiger charge is -2.69.